The molecular formula is C23H18O6. The second-order valence-corrected chi connectivity index (χ2v) is 6.38. The van der Waals surface area contributed by atoms with Crippen LogP contribution in [-0.4, -0.2) is 25.5 Å². The fraction of sp³-hybridized carbons (Fsp3) is 0.130. The quantitative estimate of drug-likeness (QED) is 0.427. The lowest BCUT2D eigenvalue weighted by Crippen LogP contribution is -2.12. The van der Waals surface area contributed by atoms with Gasteiger partial charge in [0.15, 0.2) is 35.4 Å². The van der Waals surface area contributed by atoms with E-state index in [4.69, 9.17) is 18.9 Å². The first-order valence-electron chi connectivity index (χ1n) is 9.04. The standard InChI is InChI=1S/C23H18O6/c24-12-17-6-8-20(22(10-17)26-13-16-4-2-1-3-5-16)27-14-19(25)18-7-9-21-23(11-18)29-15-28-21/h1-12H,13-15H2. The van der Waals surface area contributed by atoms with Crippen molar-refractivity contribution in [1.29, 1.82) is 0 Å². The van der Waals surface area contributed by atoms with E-state index in [-0.39, 0.29) is 19.2 Å². The van der Waals surface area contributed by atoms with E-state index in [0.717, 1.165) is 11.8 Å². The van der Waals surface area contributed by atoms with E-state index in [1.165, 1.54) is 0 Å². The molecule has 3 aromatic rings. The first-order valence-corrected chi connectivity index (χ1v) is 9.04. The Bertz CT molecular complexity index is 1030. The number of hydrogen-bond acceptors (Lipinski definition) is 6. The van der Waals surface area contributed by atoms with E-state index in [0.29, 0.717) is 40.7 Å². The summed E-state index contributed by atoms with van der Waals surface area (Å²) in [6.07, 6.45) is 0.733. The molecule has 0 aromatic heterocycles. The number of carbonyl (C=O) groups excluding carboxylic acids is 2. The highest BCUT2D eigenvalue weighted by atomic mass is 16.7. The molecule has 0 radical (unpaired) electrons. The Hall–Kier alpha value is -3.80. The van der Waals surface area contributed by atoms with Crippen LogP contribution in [0.4, 0.5) is 0 Å². The van der Waals surface area contributed by atoms with Gasteiger partial charge in [-0.25, -0.2) is 0 Å². The normalized spacial score (nSPS) is 11.7. The van der Waals surface area contributed by atoms with Crippen LogP contribution in [0, 0.1) is 0 Å². The number of carbonyl (C=O) groups is 2. The number of Topliss-reactive ketones (excluding diaryl/α,β-unsaturated/α-hetero) is 1. The summed E-state index contributed by atoms with van der Waals surface area (Å²) in [5.74, 6) is 1.73. The second-order valence-electron chi connectivity index (χ2n) is 6.38. The molecular weight excluding hydrogens is 372 g/mol. The SMILES string of the molecule is O=Cc1ccc(OCC(=O)c2ccc3c(c2)OCO3)c(OCc2ccccc2)c1. The lowest BCUT2D eigenvalue weighted by atomic mass is 10.1. The molecule has 0 saturated heterocycles. The molecule has 1 aliphatic heterocycles. The molecule has 6 nitrogen and oxygen atoms in total. The second kappa shape index (κ2) is 8.48. The number of hydrogen-bond donors (Lipinski definition) is 0. The largest absolute Gasteiger partial charge is 0.485 e. The fourth-order valence-electron chi connectivity index (χ4n) is 2.86. The molecule has 0 bridgehead atoms. The van der Waals surface area contributed by atoms with E-state index < -0.39 is 0 Å². The Balaban J connectivity index is 1.46. The number of rotatable bonds is 8. The van der Waals surface area contributed by atoms with Crippen molar-refractivity contribution in [2.24, 2.45) is 0 Å². The molecule has 0 aliphatic carbocycles. The van der Waals surface area contributed by atoms with Crippen LogP contribution in [0.5, 0.6) is 23.0 Å². The zero-order valence-corrected chi connectivity index (χ0v) is 15.5. The maximum Gasteiger partial charge on any atom is 0.231 e. The summed E-state index contributed by atoms with van der Waals surface area (Å²) in [7, 11) is 0. The average molecular weight is 390 g/mol. The van der Waals surface area contributed by atoms with Crippen LogP contribution in [0.1, 0.15) is 26.3 Å². The lowest BCUT2D eigenvalue weighted by molar-refractivity contribution is 0.0917. The Morgan fingerprint density at radius 1 is 0.897 bits per heavy atom. The van der Waals surface area contributed by atoms with Crippen LogP contribution in [0.25, 0.3) is 0 Å². The molecule has 4 rings (SSSR count). The van der Waals surface area contributed by atoms with Crippen molar-refractivity contribution < 1.29 is 28.5 Å². The highest BCUT2D eigenvalue weighted by molar-refractivity contribution is 5.98. The maximum atomic E-state index is 12.5. The van der Waals surface area contributed by atoms with Gasteiger partial charge in [0.05, 0.1) is 0 Å². The number of aldehydes is 1. The third-order valence-electron chi connectivity index (χ3n) is 4.39. The van der Waals surface area contributed by atoms with Crippen molar-refractivity contribution in [2.75, 3.05) is 13.4 Å². The molecule has 0 N–H and O–H groups in total. The van der Waals surface area contributed by atoms with Crippen molar-refractivity contribution in [3.8, 4) is 23.0 Å². The van der Waals surface area contributed by atoms with Gasteiger partial charge < -0.3 is 18.9 Å². The van der Waals surface area contributed by atoms with Crippen molar-refractivity contribution in [1.82, 2.24) is 0 Å². The first kappa shape index (κ1) is 18.6. The van der Waals surface area contributed by atoms with E-state index >= 15 is 0 Å². The Morgan fingerprint density at radius 2 is 1.72 bits per heavy atom. The van der Waals surface area contributed by atoms with Crippen LogP contribution >= 0.6 is 0 Å². The molecule has 0 spiro atoms. The van der Waals surface area contributed by atoms with Crippen molar-refractivity contribution in [3.05, 3.63) is 83.4 Å². The molecule has 0 atom stereocenters. The summed E-state index contributed by atoms with van der Waals surface area (Å²) < 4.78 is 22.1. The summed E-state index contributed by atoms with van der Waals surface area (Å²) in [5, 5.41) is 0. The molecule has 29 heavy (non-hydrogen) atoms. The van der Waals surface area contributed by atoms with E-state index in [9.17, 15) is 9.59 Å². The molecule has 0 fully saturated rings. The van der Waals surface area contributed by atoms with Gasteiger partial charge in [0.25, 0.3) is 0 Å². The summed E-state index contributed by atoms with van der Waals surface area (Å²) in [5.41, 5.74) is 1.90. The van der Waals surface area contributed by atoms with Crippen LogP contribution in [0.15, 0.2) is 66.7 Å². The molecule has 1 aliphatic rings. The van der Waals surface area contributed by atoms with E-state index in [2.05, 4.69) is 0 Å². The van der Waals surface area contributed by atoms with Crippen molar-refractivity contribution in [2.45, 2.75) is 6.61 Å². The highest BCUT2D eigenvalue weighted by Crippen LogP contribution is 2.33. The van der Waals surface area contributed by atoms with Gasteiger partial charge in [-0.3, -0.25) is 9.59 Å². The molecule has 6 heteroatoms. The minimum atomic E-state index is -0.211. The predicted molar refractivity (Wildman–Crippen MR) is 105 cm³/mol. The number of benzene rings is 3. The van der Waals surface area contributed by atoms with Crippen molar-refractivity contribution >= 4 is 12.1 Å². The van der Waals surface area contributed by atoms with Gasteiger partial charge in [0.1, 0.15) is 12.9 Å². The van der Waals surface area contributed by atoms with Crippen LogP contribution in [0.3, 0.4) is 0 Å². The minimum absolute atomic E-state index is 0.147. The Labute approximate surface area is 167 Å². The van der Waals surface area contributed by atoms with Gasteiger partial charge in [0.2, 0.25) is 6.79 Å². The zero-order chi connectivity index (χ0) is 20.1. The topological polar surface area (TPSA) is 71.1 Å². The van der Waals surface area contributed by atoms with Crippen LogP contribution in [0.2, 0.25) is 0 Å². The first-order chi connectivity index (χ1) is 14.2. The Morgan fingerprint density at radius 3 is 2.55 bits per heavy atom. The molecule has 0 amide bonds. The van der Waals surface area contributed by atoms with Gasteiger partial charge in [-0.05, 0) is 42.0 Å². The maximum absolute atomic E-state index is 12.5. The summed E-state index contributed by atoms with van der Waals surface area (Å²) in [6.45, 7) is 0.284. The van der Waals surface area contributed by atoms with Gasteiger partial charge in [-0.1, -0.05) is 30.3 Å². The zero-order valence-electron chi connectivity index (χ0n) is 15.5. The summed E-state index contributed by atoms with van der Waals surface area (Å²) >= 11 is 0. The number of ketones is 1. The smallest absolute Gasteiger partial charge is 0.231 e. The third kappa shape index (κ3) is 4.38. The van der Waals surface area contributed by atoms with Gasteiger partial charge in [-0.2, -0.15) is 0 Å². The van der Waals surface area contributed by atoms with E-state index in [1.54, 1.807) is 36.4 Å². The van der Waals surface area contributed by atoms with Crippen LogP contribution in [-0.2, 0) is 6.61 Å². The monoisotopic (exact) mass is 390 g/mol. The molecule has 1 heterocycles. The van der Waals surface area contributed by atoms with Crippen LogP contribution < -0.4 is 18.9 Å². The average Bonchev–Trinajstić information content (AvgIpc) is 3.25. The summed E-state index contributed by atoms with van der Waals surface area (Å²) in [6, 6.07) is 19.5. The van der Waals surface area contributed by atoms with Gasteiger partial charge in [0, 0.05) is 11.1 Å². The molecule has 3 aromatic carbocycles. The minimum Gasteiger partial charge on any atom is -0.485 e. The highest BCUT2D eigenvalue weighted by Gasteiger charge is 2.17. The summed E-state index contributed by atoms with van der Waals surface area (Å²) in [4.78, 5) is 23.6. The molecule has 0 saturated carbocycles. The lowest BCUT2D eigenvalue weighted by Gasteiger charge is -2.13. The molecule has 0 unspecified atom stereocenters. The number of ether oxygens (including phenoxy) is 4. The molecule has 146 valence electrons. The van der Waals surface area contributed by atoms with E-state index in [1.807, 2.05) is 30.3 Å². The number of fused-ring (bicyclic) bond motifs is 1. The van der Waals surface area contributed by atoms with Gasteiger partial charge >= 0.3 is 0 Å². The Kier molecular flexibility index (Phi) is 5.42. The van der Waals surface area contributed by atoms with Crippen molar-refractivity contribution in [3.63, 3.8) is 0 Å². The van der Waals surface area contributed by atoms with Gasteiger partial charge in [-0.15, -0.1) is 0 Å². The predicted octanol–water partition coefficient (Wildman–Crippen LogP) is 4.07. The third-order valence-corrected chi connectivity index (χ3v) is 4.39. The fourth-order valence-corrected chi connectivity index (χ4v) is 2.86.